The number of hydrogen-bond acceptors (Lipinski definition) is 12. The highest BCUT2D eigenvalue weighted by Gasteiger charge is 2.39. The van der Waals surface area contributed by atoms with Gasteiger partial charge in [-0.05, 0) is 104 Å². The minimum absolute atomic E-state index is 0.0269. The topological polar surface area (TPSA) is 236 Å². The fourth-order valence-corrected chi connectivity index (χ4v) is 7.76. The Morgan fingerprint density at radius 3 is 1.91 bits per heavy atom. The Labute approximate surface area is 358 Å². The normalized spacial score (nSPS) is 13.1. The summed E-state index contributed by atoms with van der Waals surface area (Å²) in [6.45, 7) is -0.143. The highest BCUT2D eigenvalue weighted by atomic mass is 19.2. The summed E-state index contributed by atoms with van der Waals surface area (Å²) in [5.74, 6) is -5.02. The van der Waals surface area contributed by atoms with Crippen LogP contribution in [0.1, 0.15) is 62.9 Å². The van der Waals surface area contributed by atoms with E-state index >= 15 is 0 Å². The van der Waals surface area contributed by atoms with Crippen LogP contribution in [-0.4, -0.2) is 70.8 Å². The number of ether oxygens (including phenoxy) is 1. The molecule has 0 bridgehead atoms. The first-order chi connectivity index (χ1) is 31.0. The van der Waals surface area contributed by atoms with E-state index in [2.05, 4.69) is 41.2 Å². The average Bonchev–Trinajstić information content (AvgIpc) is 4.15. The summed E-state index contributed by atoms with van der Waals surface area (Å²) < 4.78 is 34.1. The molecule has 4 amide bonds. The van der Waals surface area contributed by atoms with Crippen LogP contribution in [0.5, 0.6) is 0 Å². The molecule has 4 heterocycles. The summed E-state index contributed by atoms with van der Waals surface area (Å²) in [5.41, 5.74) is 10.4. The Hall–Kier alpha value is -9.13. The van der Waals surface area contributed by atoms with E-state index in [0.717, 1.165) is 17.0 Å². The van der Waals surface area contributed by atoms with Gasteiger partial charge in [0.2, 0.25) is 11.6 Å². The van der Waals surface area contributed by atoms with Crippen molar-refractivity contribution < 1.29 is 37.5 Å². The Kier molecular flexibility index (Phi) is 9.39. The number of primary amides is 1. The SMILES string of the molecule is NC(=O)c1ccc(-c2cccc(COC(=O)c3ccc(-c4ccc(F)c(F)c4)cc3N3Cc4ccc(-c5nn[nH]n5)cc4C3=O)c2)cc1N1C(=O)c2ccc(-c3nn[nH]n3)cc2C1=O. The van der Waals surface area contributed by atoms with Crippen LogP contribution < -0.4 is 15.5 Å². The summed E-state index contributed by atoms with van der Waals surface area (Å²) in [7, 11) is 0. The molecule has 0 aliphatic carbocycles. The predicted octanol–water partition coefficient (Wildman–Crippen LogP) is 6.08. The van der Waals surface area contributed by atoms with Gasteiger partial charge < -0.3 is 15.4 Å². The zero-order chi connectivity index (χ0) is 44.2. The van der Waals surface area contributed by atoms with Crippen molar-refractivity contribution in [1.29, 1.82) is 0 Å². The van der Waals surface area contributed by atoms with E-state index in [1.54, 1.807) is 66.7 Å². The van der Waals surface area contributed by atoms with Gasteiger partial charge in [-0.1, -0.05) is 54.6 Å². The summed E-state index contributed by atoms with van der Waals surface area (Å²) in [6, 6.07) is 29.0. The second-order valence-electron chi connectivity index (χ2n) is 14.7. The monoisotopic (exact) mass is 855 g/mol. The molecule has 64 heavy (non-hydrogen) atoms. The molecule has 2 aliphatic heterocycles. The van der Waals surface area contributed by atoms with Crippen molar-refractivity contribution in [3.8, 4) is 45.0 Å². The molecular weight excluding hydrogens is 829 g/mol. The number of aromatic amines is 2. The number of esters is 1. The van der Waals surface area contributed by atoms with Gasteiger partial charge in [-0.25, -0.2) is 18.5 Å². The zero-order valence-electron chi connectivity index (χ0n) is 32.7. The number of hydrogen-bond donors (Lipinski definition) is 3. The molecule has 2 aromatic heterocycles. The van der Waals surface area contributed by atoms with Crippen LogP contribution in [0.4, 0.5) is 20.2 Å². The van der Waals surface area contributed by atoms with Gasteiger partial charge in [0.05, 0.1) is 40.2 Å². The molecule has 312 valence electrons. The van der Waals surface area contributed by atoms with Crippen molar-refractivity contribution in [2.24, 2.45) is 5.73 Å². The van der Waals surface area contributed by atoms with Crippen molar-refractivity contribution in [3.63, 3.8) is 0 Å². The lowest BCUT2D eigenvalue weighted by molar-refractivity contribution is 0.0473. The van der Waals surface area contributed by atoms with Crippen LogP contribution in [0, 0.1) is 11.6 Å². The standard InChI is InChI=1S/C45H27F2N11O6/c46-35-13-9-24(17-36(35)47)25-7-12-32(37(18-25)57-20-29-5-4-27(15-33(29)42(57)60)40-49-53-54-50-40)45(63)64-21-22-2-1-3-23(14-22)26-6-11-31(39(48)59)38(19-26)58-43(61)30-10-8-28(16-34(30)44(58)62)41-51-55-56-52-41/h1-19H,20-21H2,(H2,48,59)(H,49,50,53,54)(H,51,52,55,56). The molecule has 0 saturated carbocycles. The minimum atomic E-state index is -1.07. The molecule has 6 aromatic carbocycles. The molecule has 19 heteroatoms. The maximum absolute atomic E-state index is 14.4. The largest absolute Gasteiger partial charge is 0.457 e. The van der Waals surface area contributed by atoms with Gasteiger partial charge >= 0.3 is 5.97 Å². The minimum Gasteiger partial charge on any atom is -0.457 e. The summed E-state index contributed by atoms with van der Waals surface area (Å²) in [5, 5.41) is 27.7. The van der Waals surface area contributed by atoms with Gasteiger partial charge in [0.25, 0.3) is 23.6 Å². The molecule has 10 rings (SSSR count). The van der Waals surface area contributed by atoms with E-state index in [9.17, 15) is 32.8 Å². The number of imide groups is 1. The lowest BCUT2D eigenvalue weighted by atomic mass is 9.99. The first-order valence-electron chi connectivity index (χ1n) is 19.3. The first kappa shape index (κ1) is 39.0. The molecule has 0 radical (unpaired) electrons. The Bertz CT molecular complexity index is 3270. The number of nitrogens with one attached hydrogen (secondary N) is 2. The number of benzene rings is 6. The van der Waals surface area contributed by atoms with Crippen LogP contribution >= 0.6 is 0 Å². The van der Waals surface area contributed by atoms with Gasteiger partial charge in [-0.2, -0.15) is 10.4 Å². The van der Waals surface area contributed by atoms with Crippen LogP contribution in [0.15, 0.2) is 115 Å². The van der Waals surface area contributed by atoms with Crippen LogP contribution in [0.3, 0.4) is 0 Å². The number of halogens is 2. The van der Waals surface area contributed by atoms with Crippen LogP contribution in [0.25, 0.3) is 45.0 Å². The Balaban J connectivity index is 0.933. The molecule has 0 unspecified atom stereocenters. The second kappa shape index (κ2) is 15.4. The van der Waals surface area contributed by atoms with Crippen molar-refractivity contribution in [1.82, 2.24) is 41.2 Å². The molecule has 0 atom stereocenters. The maximum atomic E-state index is 14.4. The van der Waals surface area contributed by atoms with E-state index in [1.165, 1.54) is 41.3 Å². The number of carbonyl (C=O) groups is 5. The fourth-order valence-electron chi connectivity index (χ4n) is 7.76. The lowest BCUT2D eigenvalue weighted by Gasteiger charge is -2.21. The number of rotatable bonds is 10. The number of carbonyl (C=O) groups excluding carboxylic acids is 5. The third-order valence-electron chi connectivity index (χ3n) is 10.9. The summed E-state index contributed by atoms with van der Waals surface area (Å²) >= 11 is 0. The highest BCUT2D eigenvalue weighted by Crippen LogP contribution is 2.38. The first-order valence-corrected chi connectivity index (χ1v) is 19.3. The third kappa shape index (κ3) is 6.78. The Morgan fingerprint density at radius 1 is 0.609 bits per heavy atom. The molecule has 17 nitrogen and oxygen atoms in total. The van der Waals surface area contributed by atoms with Crippen LogP contribution in [0.2, 0.25) is 0 Å². The van der Waals surface area contributed by atoms with Gasteiger partial charge in [0, 0.05) is 16.7 Å². The molecule has 4 N–H and O–H groups in total. The molecule has 8 aromatic rings. The smallest absolute Gasteiger partial charge is 0.340 e. The highest BCUT2D eigenvalue weighted by molar-refractivity contribution is 6.35. The summed E-state index contributed by atoms with van der Waals surface area (Å²) in [6.07, 6.45) is 0. The molecule has 0 fully saturated rings. The van der Waals surface area contributed by atoms with Gasteiger partial charge in [0.1, 0.15) is 6.61 Å². The van der Waals surface area contributed by atoms with Gasteiger partial charge in [-0.3, -0.25) is 19.2 Å². The molecule has 2 aliphatic rings. The Morgan fingerprint density at radius 2 is 1.22 bits per heavy atom. The van der Waals surface area contributed by atoms with E-state index in [1.807, 2.05) is 0 Å². The summed E-state index contributed by atoms with van der Waals surface area (Å²) in [4.78, 5) is 70.5. The lowest BCUT2D eigenvalue weighted by Crippen LogP contribution is -2.31. The number of H-pyrrole nitrogens is 2. The second-order valence-corrected chi connectivity index (χ2v) is 14.7. The van der Waals surface area contributed by atoms with Crippen molar-refractivity contribution >= 4 is 41.0 Å². The zero-order valence-corrected chi connectivity index (χ0v) is 32.7. The molecular formula is C45H27F2N11O6. The number of aromatic nitrogens is 8. The van der Waals surface area contributed by atoms with Crippen molar-refractivity contribution in [2.45, 2.75) is 13.2 Å². The van der Waals surface area contributed by atoms with Gasteiger partial charge in [0.15, 0.2) is 11.6 Å². The maximum Gasteiger partial charge on any atom is 0.340 e. The quantitative estimate of drug-likeness (QED) is 0.105. The predicted molar refractivity (Wildman–Crippen MR) is 222 cm³/mol. The number of amides is 4. The average molecular weight is 856 g/mol. The van der Waals surface area contributed by atoms with E-state index in [4.69, 9.17) is 10.5 Å². The van der Waals surface area contributed by atoms with E-state index in [0.29, 0.717) is 50.1 Å². The van der Waals surface area contributed by atoms with Crippen molar-refractivity contribution in [3.05, 3.63) is 166 Å². The number of fused-ring (bicyclic) bond motifs is 2. The van der Waals surface area contributed by atoms with Crippen molar-refractivity contribution in [2.75, 3.05) is 9.80 Å². The van der Waals surface area contributed by atoms with Crippen LogP contribution in [-0.2, 0) is 17.9 Å². The van der Waals surface area contributed by atoms with Gasteiger partial charge in [-0.15, -0.1) is 20.4 Å². The number of anilines is 2. The number of nitrogens with two attached hydrogens (primary N) is 1. The third-order valence-corrected chi connectivity index (χ3v) is 10.9. The number of tetrazole rings is 2. The molecule has 0 spiro atoms. The molecule has 0 saturated heterocycles. The number of nitrogens with zero attached hydrogens (tertiary/aromatic N) is 8. The van der Waals surface area contributed by atoms with E-state index < -0.39 is 41.2 Å². The van der Waals surface area contributed by atoms with E-state index in [-0.39, 0.29) is 58.4 Å². The fraction of sp³-hybridized carbons (Fsp3) is 0.0444.